The van der Waals surface area contributed by atoms with Gasteiger partial charge in [0.05, 0.1) is 6.42 Å². The molecule has 2 unspecified atom stereocenters. The van der Waals surface area contributed by atoms with E-state index in [2.05, 4.69) is 13.8 Å². The molecule has 7 nitrogen and oxygen atoms in total. The van der Waals surface area contributed by atoms with Gasteiger partial charge in [0, 0.05) is 29.6 Å². The Morgan fingerprint density at radius 1 is 0.727 bits per heavy atom. The molecule has 0 aliphatic heterocycles. The minimum Gasteiger partial charge on any atom is -0.481 e. The molecule has 0 aliphatic carbocycles. The van der Waals surface area contributed by atoms with E-state index < -0.39 is 39.8 Å². The molecule has 0 aromatic carbocycles. The number of carbonyl (C=O) groups is 2. The minimum atomic E-state index is -4.84. The van der Waals surface area contributed by atoms with Gasteiger partial charge in [-0.1, -0.05) is 97.3 Å². The van der Waals surface area contributed by atoms with Crippen LogP contribution in [0.25, 0.3) is 0 Å². The number of hydrogen-bond donors (Lipinski definition) is 2. The number of hydrogen-bond acceptors (Lipinski definition) is 5. The van der Waals surface area contributed by atoms with Crippen molar-refractivity contribution >= 4 is 51.6 Å². The summed E-state index contributed by atoms with van der Waals surface area (Å²) in [4.78, 5) is 23.3. The van der Waals surface area contributed by atoms with Gasteiger partial charge < -0.3 is 9.84 Å². The first-order valence-electron chi connectivity index (χ1n) is 12.6. The molecule has 0 rings (SSSR count). The van der Waals surface area contributed by atoms with Gasteiger partial charge in [0.1, 0.15) is 6.10 Å². The molecule has 0 saturated carbocycles. The first-order valence-corrected chi connectivity index (χ1v) is 14.1. The SMILES string of the molecule is CCCCCCCCCCC(CCCCCCCCC)OC(=O)C(CC(=O)O)S(=O)(=O)O.[Na]. The Kier molecular flexibility index (Phi) is 23.7. The number of carboxylic acids is 1. The molecule has 0 bridgehead atoms. The van der Waals surface area contributed by atoms with E-state index in [-0.39, 0.29) is 29.6 Å². The number of ether oxygens (including phenoxy) is 1. The first-order chi connectivity index (χ1) is 15.2. The maximum absolute atomic E-state index is 12.4. The number of carbonyl (C=O) groups excluding carboxylic acids is 1. The standard InChI is InChI=1S/C24H46O7S.Na/c1-3-5-7-9-11-13-15-17-19-21(18-16-14-12-10-8-6-4-2)31-24(27)22(20-23(25)26)32(28,29)30;/h21-22H,3-20H2,1-2H3,(H,25,26)(H,28,29,30);. The van der Waals surface area contributed by atoms with E-state index in [4.69, 9.17) is 9.84 Å². The van der Waals surface area contributed by atoms with Crippen LogP contribution in [0, 0.1) is 0 Å². The Bertz CT molecular complexity index is 596. The second-order valence-electron chi connectivity index (χ2n) is 8.83. The Morgan fingerprint density at radius 2 is 1.09 bits per heavy atom. The van der Waals surface area contributed by atoms with Gasteiger partial charge in [-0.3, -0.25) is 14.1 Å². The van der Waals surface area contributed by atoms with E-state index in [1.807, 2.05) is 0 Å². The van der Waals surface area contributed by atoms with Crippen molar-refractivity contribution in [2.75, 3.05) is 0 Å². The summed E-state index contributed by atoms with van der Waals surface area (Å²) in [6.07, 6.45) is 16.8. The van der Waals surface area contributed by atoms with Crippen molar-refractivity contribution in [1.29, 1.82) is 0 Å². The Morgan fingerprint density at radius 3 is 1.42 bits per heavy atom. The molecule has 0 fully saturated rings. The van der Waals surface area contributed by atoms with E-state index in [1.54, 1.807) is 0 Å². The number of unbranched alkanes of at least 4 members (excludes halogenated alkanes) is 13. The van der Waals surface area contributed by atoms with Crippen LogP contribution in [0.1, 0.15) is 129 Å². The fourth-order valence-electron chi connectivity index (χ4n) is 3.81. The van der Waals surface area contributed by atoms with Crippen LogP contribution in [0.5, 0.6) is 0 Å². The van der Waals surface area contributed by atoms with Gasteiger partial charge in [-0.15, -0.1) is 0 Å². The van der Waals surface area contributed by atoms with Crippen LogP contribution in [0.4, 0.5) is 0 Å². The summed E-state index contributed by atoms with van der Waals surface area (Å²) >= 11 is 0. The maximum atomic E-state index is 12.4. The van der Waals surface area contributed by atoms with Crippen LogP contribution < -0.4 is 0 Å². The number of aliphatic carboxylic acids is 1. The minimum absolute atomic E-state index is 0. The molecule has 2 N–H and O–H groups in total. The monoisotopic (exact) mass is 501 g/mol. The summed E-state index contributed by atoms with van der Waals surface area (Å²) in [6, 6.07) is 0. The van der Waals surface area contributed by atoms with Crippen molar-refractivity contribution in [3.05, 3.63) is 0 Å². The predicted octanol–water partition coefficient (Wildman–Crippen LogP) is 5.92. The summed E-state index contributed by atoms with van der Waals surface area (Å²) in [5.74, 6) is -2.64. The van der Waals surface area contributed by atoms with Crippen molar-refractivity contribution < 1.29 is 32.4 Å². The predicted molar refractivity (Wildman–Crippen MR) is 133 cm³/mol. The van der Waals surface area contributed by atoms with Gasteiger partial charge in [0.25, 0.3) is 10.1 Å². The molecular weight excluding hydrogens is 455 g/mol. The van der Waals surface area contributed by atoms with Gasteiger partial charge in [0.2, 0.25) is 0 Å². The first kappa shape index (κ1) is 35.0. The van der Waals surface area contributed by atoms with Crippen LogP contribution in [0.3, 0.4) is 0 Å². The van der Waals surface area contributed by atoms with Crippen molar-refractivity contribution in [3.8, 4) is 0 Å². The summed E-state index contributed by atoms with van der Waals surface area (Å²) in [7, 11) is -4.84. The molecule has 0 heterocycles. The van der Waals surface area contributed by atoms with Crippen molar-refractivity contribution in [2.24, 2.45) is 0 Å². The average molecular weight is 502 g/mol. The molecule has 0 spiro atoms. The molecule has 0 aromatic heterocycles. The summed E-state index contributed by atoms with van der Waals surface area (Å²) < 4.78 is 37.6. The van der Waals surface area contributed by atoms with Gasteiger partial charge in [0.15, 0.2) is 5.25 Å². The summed E-state index contributed by atoms with van der Waals surface area (Å²) in [6.45, 7) is 4.37. The molecule has 33 heavy (non-hydrogen) atoms. The Balaban J connectivity index is 0. The molecular formula is C24H46NaO7S. The van der Waals surface area contributed by atoms with Crippen LogP contribution in [-0.4, -0.2) is 70.9 Å². The zero-order chi connectivity index (χ0) is 24.2. The summed E-state index contributed by atoms with van der Waals surface area (Å²) in [5, 5.41) is 6.81. The zero-order valence-electron chi connectivity index (χ0n) is 21.2. The second-order valence-corrected chi connectivity index (χ2v) is 10.4. The molecule has 0 amide bonds. The number of esters is 1. The third-order valence-corrected chi connectivity index (χ3v) is 6.85. The normalized spacial score (nSPS) is 13.2. The fraction of sp³-hybridized carbons (Fsp3) is 0.917. The third kappa shape index (κ3) is 20.9. The number of carboxylic acid groups (broad SMARTS) is 1. The Labute approximate surface area is 223 Å². The van der Waals surface area contributed by atoms with Crippen molar-refractivity contribution in [1.82, 2.24) is 0 Å². The Hall–Kier alpha value is -0.150. The molecule has 191 valence electrons. The van der Waals surface area contributed by atoms with Crippen LogP contribution in [0.2, 0.25) is 0 Å². The van der Waals surface area contributed by atoms with Crippen molar-refractivity contribution in [2.45, 2.75) is 141 Å². The van der Waals surface area contributed by atoms with E-state index in [9.17, 15) is 22.6 Å². The average Bonchev–Trinajstić information content (AvgIpc) is 2.71. The second kappa shape index (κ2) is 22.3. The maximum Gasteiger partial charge on any atom is 0.327 e. The van der Waals surface area contributed by atoms with Crippen LogP contribution >= 0.6 is 0 Å². The van der Waals surface area contributed by atoms with E-state index in [0.29, 0.717) is 12.8 Å². The van der Waals surface area contributed by atoms with Gasteiger partial charge >= 0.3 is 11.9 Å². The van der Waals surface area contributed by atoms with Crippen LogP contribution in [0.15, 0.2) is 0 Å². The van der Waals surface area contributed by atoms with Gasteiger partial charge in [-0.05, 0) is 25.7 Å². The van der Waals surface area contributed by atoms with E-state index in [0.717, 1.165) is 38.5 Å². The fourth-order valence-corrected chi connectivity index (χ4v) is 4.46. The van der Waals surface area contributed by atoms with Gasteiger partial charge in [-0.25, -0.2) is 0 Å². The summed E-state index contributed by atoms with van der Waals surface area (Å²) in [5.41, 5.74) is 0. The molecule has 0 saturated heterocycles. The topological polar surface area (TPSA) is 118 Å². The molecule has 9 heteroatoms. The quantitative estimate of drug-likeness (QED) is 0.0818. The smallest absolute Gasteiger partial charge is 0.327 e. The van der Waals surface area contributed by atoms with Gasteiger partial charge in [-0.2, -0.15) is 8.42 Å². The largest absolute Gasteiger partial charge is 0.481 e. The van der Waals surface area contributed by atoms with E-state index in [1.165, 1.54) is 57.8 Å². The molecule has 0 aromatic rings. The molecule has 2 atom stereocenters. The van der Waals surface area contributed by atoms with E-state index >= 15 is 0 Å². The third-order valence-electron chi connectivity index (χ3n) is 5.77. The molecule has 0 aliphatic rings. The zero-order valence-corrected chi connectivity index (χ0v) is 24.0. The molecule has 1 radical (unpaired) electrons. The van der Waals surface area contributed by atoms with Crippen molar-refractivity contribution in [3.63, 3.8) is 0 Å². The number of rotatable bonds is 22. The van der Waals surface area contributed by atoms with Crippen LogP contribution in [-0.2, 0) is 24.4 Å².